The summed E-state index contributed by atoms with van der Waals surface area (Å²) in [5.41, 5.74) is 2.24. The fourth-order valence-corrected chi connectivity index (χ4v) is 4.02. The lowest BCUT2D eigenvalue weighted by atomic mass is 9.88. The van der Waals surface area contributed by atoms with E-state index in [9.17, 15) is 13.6 Å². The highest BCUT2D eigenvalue weighted by atomic mass is 32.2. The van der Waals surface area contributed by atoms with Crippen LogP contribution in [0.5, 0.6) is 0 Å². The molecule has 0 aliphatic carbocycles. The fourth-order valence-electron chi connectivity index (χ4n) is 3.65. The summed E-state index contributed by atoms with van der Waals surface area (Å²) in [5, 5.41) is 0. The third-order valence-corrected chi connectivity index (χ3v) is 5.47. The SMILES string of the molecule is Cc1ccc(C(OS(=O)O)c2occc2C2CCN(C(=O)OC(C)(C)C)CC2)cc1. The largest absolute Gasteiger partial charge is 0.466 e. The lowest BCUT2D eigenvalue weighted by molar-refractivity contribution is 0.0204. The number of nitrogens with zero attached hydrogens (tertiary/aromatic N) is 1. The minimum absolute atomic E-state index is 0.154. The molecule has 1 aliphatic heterocycles. The summed E-state index contributed by atoms with van der Waals surface area (Å²) in [6.45, 7) is 8.68. The minimum atomic E-state index is -2.45. The van der Waals surface area contributed by atoms with Crippen LogP contribution in [0.1, 0.15) is 68.1 Å². The van der Waals surface area contributed by atoms with Gasteiger partial charge in [0.25, 0.3) is 0 Å². The van der Waals surface area contributed by atoms with E-state index >= 15 is 0 Å². The maximum absolute atomic E-state index is 12.3. The Balaban J connectivity index is 1.76. The first-order valence-corrected chi connectivity index (χ1v) is 11.1. The van der Waals surface area contributed by atoms with Crippen LogP contribution < -0.4 is 0 Å². The summed E-state index contributed by atoms with van der Waals surface area (Å²) in [4.78, 5) is 14.0. The van der Waals surface area contributed by atoms with Gasteiger partial charge < -0.3 is 14.1 Å². The lowest BCUT2D eigenvalue weighted by Crippen LogP contribution is -2.41. The van der Waals surface area contributed by atoms with Gasteiger partial charge in [-0.1, -0.05) is 29.8 Å². The van der Waals surface area contributed by atoms with E-state index in [1.165, 1.54) is 0 Å². The molecule has 1 aliphatic rings. The van der Waals surface area contributed by atoms with Gasteiger partial charge in [0.15, 0.2) is 6.10 Å². The Kier molecular flexibility index (Phi) is 7.00. The molecule has 0 saturated carbocycles. The molecule has 0 bridgehead atoms. The summed E-state index contributed by atoms with van der Waals surface area (Å²) in [6.07, 6.45) is 1.98. The van der Waals surface area contributed by atoms with Gasteiger partial charge in [-0.15, -0.1) is 0 Å². The molecule has 1 fully saturated rings. The van der Waals surface area contributed by atoms with Gasteiger partial charge in [-0.2, -0.15) is 4.21 Å². The number of hydrogen-bond donors (Lipinski definition) is 1. The summed E-state index contributed by atoms with van der Waals surface area (Å²) in [7, 11) is 0. The van der Waals surface area contributed by atoms with Crippen molar-refractivity contribution in [2.24, 2.45) is 0 Å². The van der Waals surface area contributed by atoms with Gasteiger partial charge in [-0.05, 0) is 63.6 Å². The maximum Gasteiger partial charge on any atom is 0.410 e. The van der Waals surface area contributed by atoms with Crippen molar-refractivity contribution < 1.29 is 26.9 Å². The number of benzene rings is 1. The molecule has 3 rings (SSSR count). The van der Waals surface area contributed by atoms with Gasteiger partial charge >= 0.3 is 17.5 Å². The number of rotatable bonds is 5. The molecule has 2 heterocycles. The van der Waals surface area contributed by atoms with E-state index in [-0.39, 0.29) is 12.0 Å². The Bertz CT molecular complexity index is 878. The molecule has 30 heavy (non-hydrogen) atoms. The average Bonchev–Trinajstić information content (AvgIpc) is 3.15. The molecule has 1 amide bonds. The first-order chi connectivity index (χ1) is 14.1. The third kappa shape index (κ3) is 5.71. The number of ether oxygens (including phenoxy) is 1. The van der Waals surface area contributed by atoms with E-state index in [4.69, 9.17) is 13.3 Å². The van der Waals surface area contributed by atoms with Gasteiger partial charge in [0.1, 0.15) is 11.4 Å². The predicted molar refractivity (Wildman–Crippen MR) is 113 cm³/mol. The van der Waals surface area contributed by atoms with E-state index in [1.54, 1.807) is 11.2 Å². The molecular formula is C22H29NO6S. The Morgan fingerprint density at radius 3 is 2.40 bits per heavy atom. The minimum Gasteiger partial charge on any atom is -0.466 e. The number of carbonyl (C=O) groups is 1. The molecule has 0 radical (unpaired) electrons. The van der Waals surface area contributed by atoms with Gasteiger partial charge in [0.05, 0.1) is 6.26 Å². The average molecular weight is 436 g/mol. The Labute approximate surface area is 179 Å². The van der Waals surface area contributed by atoms with Crippen LogP contribution in [0.2, 0.25) is 0 Å². The summed E-state index contributed by atoms with van der Waals surface area (Å²) in [6, 6.07) is 9.46. The van der Waals surface area contributed by atoms with Crippen LogP contribution in [0.25, 0.3) is 0 Å². The first kappa shape index (κ1) is 22.5. The van der Waals surface area contributed by atoms with Crippen molar-refractivity contribution >= 4 is 17.5 Å². The molecule has 2 atom stereocenters. The van der Waals surface area contributed by atoms with E-state index in [0.29, 0.717) is 18.8 Å². The summed E-state index contributed by atoms with van der Waals surface area (Å²) < 4.78 is 37.3. The monoisotopic (exact) mass is 435 g/mol. The molecular weight excluding hydrogens is 406 g/mol. The number of aryl methyl sites for hydroxylation is 1. The van der Waals surface area contributed by atoms with Crippen molar-refractivity contribution in [3.8, 4) is 0 Å². The normalized spacial score (nSPS) is 17.6. The number of furan rings is 1. The van der Waals surface area contributed by atoms with Gasteiger partial charge in [0.2, 0.25) is 0 Å². The number of carbonyl (C=O) groups excluding carboxylic acids is 1. The molecule has 7 nitrogen and oxygen atoms in total. The van der Waals surface area contributed by atoms with E-state index in [0.717, 1.165) is 29.5 Å². The van der Waals surface area contributed by atoms with Crippen LogP contribution in [0, 0.1) is 6.92 Å². The highest BCUT2D eigenvalue weighted by Crippen LogP contribution is 2.38. The second-order valence-corrected chi connectivity index (χ2v) is 9.21. The van der Waals surface area contributed by atoms with Crippen molar-refractivity contribution in [2.75, 3.05) is 13.1 Å². The third-order valence-electron chi connectivity index (χ3n) is 5.11. The highest BCUT2D eigenvalue weighted by Gasteiger charge is 2.32. The molecule has 1 saturated heterocycles. The quantitative estimate of drug-likeness (QED) is 0.669. The number of hydrogen-bond acceptors (Lipinski definition) is 5. The van der Waals surface area contributed by atoms with Crippen LogP contribution in [-0.4, -0.2) is 38.4 Å². The zero-order valence-electron chi connectivity index (χ0n) is 17.8. The number of piperidine rings is 1. The predicted octanol–water partition coefficient (Wildman–Crippen LogP) is 4.95. The van der Waals surface area contributed by atoms with Crippen molar-refractivity contribution in [2.45, 2.75) is 58.2 Å². The van der Waals surface area contributed by atoms with E-state index < -0.39 is 23.1 Å². The number of likely N-dealkylation sites (tertiary alicyclic amines) is 1. The summed E-state index contributed by atoms with van der Waals surface area (Å²) >= 11 is -2.45. The van der Waals surface area contributed by atoms with E-state index in [1.807, 2.05) is 58.0 Å². The highest BCUT2D eigenvalue weighted by molar-refractivity contribution is 7.74. The van der Waals surface area contributed by atoms with Crippen LogP contribution in [-0.2, 0) is 20.3 Å². The number of amides is 1. The van der Waals surface area contributed by atoms with Crippen LogP contribution in [0.15, 0.2) is 41.0 Å². The molecule has 1 aromatic carbocycles. The first-order valence-electron chi connectivity index (χ1n) is 10.0. The summed E-state index contributed by atoms with van der Waals surface area (Å²) in [5.74, 6) is 0.679. The molecule has 1 aromatic heterocycles. The van der Waals surface area contributed by atoms with E-state index in [2.05, 4.69) is 0 Å². The molecule has 1 N–H and O–H groups in total. The molecule has 2 unspecified atom stereocenters. The van der Waals surface area contributed by atoms with Gasteiger partial charge in [0, 0.05) is 13.1 Å². The Morgan fingerprint density at radius 2 is 1.83 bits per heavy atom. The van der Waals surface area contributed by atoms with Crippen LogP contribution >= 0.6 is 0 Å². The van der Waals surface area contributed by atoms with Crippen molar-refractivity contribution in [1.82, 2.24) is 4.90 Å². The zero-order valence-corrected chi connectivity index (χ0v) is 18.6. The smallest absolute Gasteiger partial charge is 0.410 e. The maximum atomic E-state index is 12.3. The second kappa shape index (κ2) is 9.32. The van der Waals surface area contributed by atoms with Crippen molar-refractivity contribution in [3.63, 3.8) is 0 Å². The van der Waals surface area contributed by atoms with Crippen molar-refractivity contribution in [1.29, 1.82) is 0 Å². The topological polar surface area (TPSA) is 89.2 Å². The van der Waals surface area contributed by atoms with Crippen molar-refractivity contribution in [3.05, 3.63) is 59.0 Å². The molecule has 8 heteroatoms. The molecule has 0 spiro atoms. The Hall–Kier alpha value is -2.16. The standard InChI is InChI=1S/C22H29NO6S/c1-15-5-7-17(8-6-15)19(29-30(25)26)20-18(11-14-27-20)16-9-12-23(13-10-16)21(24)28-22(2,3)4/h5-8,11,14,16,19H,9-10,12-13H2,1-4H3,(H,25,26). The molecule has 164 valence electrons. The molecule has 2 aromatic rings. The van der Waals surface area contributed by atoms with Crippen LogP contribution in [0.3, 0.4) is 0 Å². The fraction of sp³-hybridized carbons (Fsp3) is 0.500. The zero-order chi connectivity index (χ0) is 21.9. The lowest BCUT2D eigenvalue weighted by Gasteiger charge is -2.33. The Morgan fingerprint density at radius 1 is 1.20 bits per heavy atom. The van der Waals surface area contributed by atoms with Gasteiger partial charge in [-0.25, -0.2) is 4.79 Å². The van der Waals surface area contributed by atoms with Gasteiger partial charge in [-0.3, -0.25) is 8.74 Å². The second-order valence-electron chi connectivity index (χ2n) is 8.59. The van der Waals surface area contributed by atoms with Crippen LogP contribution in [0.4, 0.5) is 4.79 Å².